The van der Waals surface area contributed by atoms with Gasteiger partial charge >= 0.3 is 0 Å². The lowest BCUT2D eigenvalue weighted by Gasteiger charge is -2.17. The lowest BCUT2D eigenvalue weighted by molar-refractivity contribution is -0.0507. The molecule has 0 spiro atoms. The highest BCUT2D eigenvalue weighted by Crippen LogP contribution is 2.31. The summed E-state index contributed by atoms with van der Waals surface area (Å²) < 4.78 is 6.73. The van der Waals surface area contributed by atoms with Crippen LogP contribution in [0.3, 0.4) is 0 Å². The Morgan fingerprint density at radius 3 is 2.85 bits per heavy atom. The average Bonchev–Trinajstić information content (AvgIpc) is 2.93. The van der Waals surface area contributed by atoms with Crippen LogP contribution in [0.2, 0.25) is 5.28 Å². The monoisotopic (exact) mass is 301 g/mol. The number of aromatic amines is 1. The Morgan fingerprint density at radius 1 is 1.45 bits per heavy atom. The van der Waals surface area contributed by atoms with Crippen molar-refractivity contribution in [1.82, 2.24) is 14.5 Å². The zero-order chi connectivity index (χ0) is 14.4. The third-order valence-electron chi connectivity index (χ3n) is 3.34. The zero-order valence-corrected chi connectivity index (χ0v) is 10.9. The Kier molecular flexibility index (Phi) is 3.27. The van der Waals surface area contributed by atoms with E-state index in [9.17, 15) is 15.0 Å². The second-order valence-electron chi connectivity index (χ2n) is 4.54. The molecule has 4 N–H and O–H groups in total. The van der Waals surface area contributed by atoms with Gasteiger partial charge in [0.25, 0.3) is 5.56 Å². The first-order valence-electron chi connectivity index (χ1n) is 5.91. The normalized spacial score (nSPS) is 30.2. The second-order valence-corrected chi connectivity index (χ2v) is 4.90. The largest absolute Gasteiger partial charge is 0.394 e. The molecule has 3 rings (SSSR count). The summed E-state index contributed by atoms with van der Waals surface area (Å²) in [5.74, 6) is 0. The lowest BCUT2D eigenvalue weighted by Crippen LogP contribution is -2.33. The van der Waals surface area contributed by atoms with E-state index in [2.05, 4.69) is 9.97 Å². The summed E-state index contributed by atoms with van der Waals surface area (Å²) in [7, 11) is 0. The highest BCUT2D eigenvalue weighted by molar-refractivity contribution is 6.28. The number of ether oxygens (including phenoxy) is 1. The molecular formula is C11H12ClN3O5. The van der Waals surface area contributed by atoms with Gasteiger partial charge in [-0.05, 0) is 17.7 Å². The Bertz CT molecular complexity index is 699. The predicted octanol–water partition coefficient (Wildman–Crippen LogP) is -1.01. The molecule has 0 aromatic carbocycles. The van der Waals surface area contributed by atoms with Crippen LogP contribution in [0.25, 0.3) is 11.0 Å². The first-order chi connectivity index (χ1) is 9.52. The molecule has 2 aromatic heterocycles. The van der Waals surface area contributed by atoms with Crippen LogP contribution in [-0.4, -0.2) is 54.8 Å². The summed E-state index contributed by atoms with van der Waals surface area (Å²) in [5, 5.41) is 28.7. The minimum atomic E-state index is -1.27. The van der Waals surface area contributed by atoms with Crippen LogP contribution in [0.5, 0.6) is 0 Å². The first-order valence-corrected chi connectivity index (χ1v) is 6.29. The van der Waals surface area contributed by atoms with E-state index in [1.54, 1.807) is 6.07 Å². The van der Waals surface area contributed by atoms with Gasteiger partial charge in [-0.25, -0.2) is 4.98 Å². The van der Waals surface area contributed by atoms with E-state index in [1.807, 2.05) is 0 Å². The quantitative estimate of drug-likeness (QED) is 0.528. The zero-order valence-electron chi connectivity index (χ0n) is 10.1. The molecule has 3 heterocycles. The third kappa shape index (κ3) is 1.93. The lowest BCUT2D eigenvalue weighted by atomic mass is 10.1. The summed E-state index contributed by atoms with van der Waals surface area (Å²) in [6, 6.07) is 1.55. The molecule has 1 fully saturated rings. The highest BCUT2D eigenvalue weighted by Gasteiger charge is 2.43. The molecule has 0 aliphatic carbocycles. The van der Waals surface area contributed by atoms with Crippen LogP contribution >= 0.6 is 11.6 Å². The fourth-order valence-corrected chi connectivity index (χ4v) is 2.55. The highest BCUT2D eigenvalue weighted by atomic mass is 35.5. The number of nitrogens with zero attached hydrogens (tertiary/aromatic N) is 2. The molecule has 0 bridgehead atoms. The van der Waals surface area contributed by atoms with Gasteiger partial charge in [0.2, 0.25) is 5.28 Å². The van der Waals surface area contributed by atoms with E-state index in [0.717, 1.165) is 0 Å². The smallest absolute Gasteiger partial charge is 0.276 e. The SMILES string of the molecule is O=c1[nH]c(Cl)nc2ccn([C@@H]3O[C@H](CO)[C@@H](O)[C@@H]3O)c12. The third-order valence-corrected chi connectivity index (χ3v) is 3.51. The Labute approximate surface area is 117 Å². The van der Waals surface area contributed by atoms with Gasteiger partial charge in [-0.2, -0.15) is 0 Å². The van der Waals surface area contributed by atoms with E-state index in [4.69, 9.17) is 21.4 Å². The summed E-state index contributed by atoms with van der Waals surface area (Å²) in [4.78, 5) is 18.2. The van der Waals surface area contributed by atoms with Gasteiger partial charge in [0, 0.05) is 6.20 Å². The van der Waals surface area contributed by atoms with Crippen LogP contribution in [0, 0.1) is 0 Å². The van der Waals surface area contributed by atoms with Crippen molar-refractivity contribution in [2.75, 3.05) is 6.61 Å². The number of nitrogens with one attached hydrogen (secondary N) is 1. The van der Waals surface area contributed by atoms with Crippen molar-refractivity contribution < 1.29 is 20.1 Å². The van der Waals surface area contributed by atoms with Crippen molar-refractivity contribution in [3.63, 3.8) is 0 Å². The van der Waals surface area contributed by atoms with Gasteiger partial charge in [0.05, 0.1) is 12.1 Å². The minimum absolute atomic E-state index is 0.0404. The fraction of sp³-hybridized carbons (Fsp3) is 0.455. The van der Waals surface area contributed by atoms with Gasteiger partial charge in [-0.1, -0.05) is 0 Å². The van der Waals surface area contributed by atoms with Crippen molar-refractivity contribution in [2.45, 2.75) is 24.5 Å². The molecule has 9 heteroatoms. The number of H-pyrrole nitrogens is 1. The maximum absolute atomic E-state index is 11.9. The van der Waals surface area contributed by atoms with Gasteiger partial charge < -0.3 is 24.6 Å². The Hall–Kier alpha value is -1.45. The molecule has 108 valence electrons. The van der Waals surface area contributed by atoms with Crippen molar-refractivity contribution >= 4 is 22.6 Å². The van der Waals surface area contributed by atoms with Gasteiger partial charge in [-0.3, -0.25) is 9.78 Å². The van der Waals surface area contributed by atoms with Crippen LogP contribution in [-0.2, 0) is 4.74 Å². The topological polar surface area (TPSA) is 121 Å². The van der Waals surface area contributed by atoms with Gasteiger partial charge in [0.1, 0.15) is 23.8 Å². The van der Waals surface area contributed by atoms with Crippen LogP contribution in [0.1, 0.15) is 6.23 Å². The number of hydrogen-bond acceptors (Lipinski definition) is 6. The molecule has 0 amide bonds. The number of halogens is 1. The van der Waals surface area contributed by atoms with E-state index in [1.165, 1.54) is 10.8 Å². The number of aliphatic hydroxyl groups excluding tert-OH is 3. The van der Waals surface area contributed by atoms with Crippen LogP contribution in [0.15, 0.2) is 17.1 Å². The van der Waals surface area contributed by atoms with E-state index in [0.29, 0.717) is 5.52 Å². The molecule has 0 radical (unpaired) electrons. The Morgan fingerprint density at radius 2 is 2.20 bits per heavy atom. The molecule has 4 atom stereocenters. The molecule has 0 saturated carbocycles. The maximum atomic E-state index is 11.9. The second kappa shape index (κ2) is 4.83. The molecular weight excluding hydrogens is 290 g/mol. The summed E-state index contributed by atoms with van der Waals surface area (Å²) in [5.41, 5.74) is 0.0310. The van der Waals surface area contributed by atoms with Gasteiger partial charge in [-0.15, -0.1) is 0 Å². The number of aliphatic hydroxyl groups is 3. The molecule has 1 aliphatic heterocycles. The van der Waals surface area contributed by atoms with Crippen LogP contribution < -0.4 is 5.56 Å². The molecule has 1 aliphatic rings. The summed E-state index contributed by atoms with van der Waals surface area (Å²) in [6.45, 7) is -0.436. The van der Waals surface area contributed by atoms with Gasteiger partial charge in [0.15, 0.2) is 6.23 Å². The summed E-state index contributed by atoms with van der Waals surface area (Å²) in [6.07, 6.45) is -2.89. The average molecular weight is 302 g/mol. The van der Waals surface area contributed by atoms with E-state index >= 15 is 0 Å². The minimum Gasteiger partial charge on any atom is -0.394 e. The van der Waals surface area contributed by atoms with E-state index < -0.39 is 36.7 Å². The number of fused-ring (bicyclic) bond motifs is 1. The Balaban J connectivity index is 2.10. The number of aromatic nitrogens is 3. The first kappa shape index (κ1) is 13.5. The number of rotatable bonds is 2. The molecule has 0 unspecified atom stereocenters. The fourth-order valence-electron chi connectivity index (χ4n) is 2.37. The summed E-state index contributed by atoms with van der Waals surface area (Å²) >= 11 is 5.66. The molecule has 1 saturated heterocycles. The molecule has 8 nitrogen and oxygen atoms in total. The number of hydrogen-bond donors (Lipinski definition) is 4. The van der Waals surface area contributed by atoms with E-state index in [-0.39, 0.29) is 10.8 Å². The van der Waals surface area contributed by atoms with Crippen LogP contribution in [0.4, 0.5) is 0 Å². The van der Waals surface area contributed by atoms with Crippen molar-refractivity contribution in [1.29, 1.82) is 0 Å². The maximum Gasteiger partial charge on any atom is 0.276 e. The molecule has 20 heavy (non-hydrogen) atoms. The standard InChI is InChI=1S/C11H12ClN3O5/c12-11-13-4-1-2-15(6(4)9(19)14-11)10-8(18)7(17)5(3-16)20-10/h1-2,5,7-8,10,16-18H,3H2,(H,13,14,19)/t5-,7-,8+,10-/m1/s1. The van der Waals surface area contributed by atoms with Crippen molar-refractivity contribution in [3.8, 4) is 0 Å². The van der Waals surface area contributed by atoms with Crippen molar-refractivity contribution in [2.24, 2.45) is 0 Å². The predicted molar refractivity (Wildman–Crippen MR) is 68.4 cm³/mol. The van der Waals surface area contributed by atoms with Crippen molar-refractivity contribution in [3.05, 3.63) is 27.9 Å². The molecule has 2 aromatic rings.